The summed E-state index contributed by atoms with van der Waals surface area (Å²) in [4.78, 5) is 15.3. The summed E-state index contributed by atoms with van der Waals surface area (Å²) in [5, 5.41) is 29.8. The lowest BCUT2D eigenvalue weighted by molar-refractivity contribution is -0.384. The minimum absolute atomic E-state index is 0.0682. The molecule has 0 aliphatic heterocycles. The Balaban J connectivity index is 2.53. The second-order valence-electron chi connectivity index (χ2n) is 6.86. The number of nitro benzene ring substituents is 1. The van der Waals surface area contributed by atoms with Crippen molar-refractivity contribution in [2.45, 2.75) is 33.6 Å². The fraction of sp³-hybridized carbons (Fsp3) is 0.632. The Morgan fingerprint density at radius 1 is 1.26 bits per heavy atom. The first-order chi connectivity index (χ1) is 13.0. The molecule has 0 aromatic heterocycles. The smallest absolute Gasteiger partial charge is 0.292 e. The van der Waals surface area contributed by atoms with Crippen LogP contribution in [-0.2, 0) is 0 Å². The van der Waals surface area contributed by atoms with Crippen molar-refractivity contribution in [3.63, 3.8) is 0 Å². The second-order valence-corrected chi connectivity index (χ2v) is 6.86. The molecule has 8 heteroatoms. The van der Waals surface area contributed by atoms with Crippen LogP contribution in [0.3, 0.4) is 0 Å². The van der Waals surface area contributed by atoms with Crippen molar-refractivity contribution < 1.29 is 10.0 Å². The SMILES string of the molecule is CCNC(=NCC(CCO)CC(C)C)NCCNc1ccccc1[N+](=O)[O-]. The standard InChI is InChI=1S/C19H33N5O3/c1-4-20-19(23-14-16(9-12-25)13-15(2)3)22-11-10-21-17-7-5-6-8-18(17)24(26)27/h5-8,15-16,21,25H,4,9-14H2,1-3H3,(H2,20,22,23). The number of aliphatic hydroxyl groups is 1. The van der Waals surface area contributed by atoms with Gasteiger partial charge in [-0.15, -0.1) is 0 Å². The Hall–Kier alpha value is -2.35. The summed E-state index contributed by atoms with van der Waals surface area (Å²) in [5.74, 6) is 1.64. The Morgan fingerprint density at radius 2 is 2.00 bits per heavy atom. The molecular formula is C19H33N5O3. The summed E-state index contributed by atoms with van der Waals surface area (Å²) in [7, 11) is 0. The van der Waals surface area contributed by atoms with E-state index in [0.717, 1.165) is 19.4 Å². The summed E-state index contributed by atoms with van der Waals surface area (Å²) in [6.07, 6.45) is 1.78. The van der Waals surface area contributed by atoms with Crippen LogP contribution in [0.2, 0.25) is 0 Å². The van der Waals surface area contributed by atoms with E-state index in [-0.39, 0.29) is 12.3 Å². The van der Waals surface area contributed by atoms with Gasteiger partial charge >= 0.3 is 0 Å². The Morgan fingerprint density at radius 3 is 2.63 bits per heavy atom. The molecule has 0 spiro atoms. The second kappa shape index (κ2) is 12.9. The van der Waals surface area contributed by atoms with Crippen LogP contribution in [0, 0.1) is 22.0 Å². The maximum atomic E-state index is 11.0. The first kappa shape index (κ1) is 22.7. The number of aliphatic hydroxyl groups excluding tert-OH is 1. The molecule has 4 N–H and O–H groups in total. The molecule has 1 aromatic carbocycles. The first-order valence-corrected chi connectivity index (χ1v) is 9.58. The summed E-state index contributed by atoms with van der Waals surface area (Å²) in [5.41, 5.74) is 0.574. The highest BCUT2D eigenvalue weighted by molar-refractivity contribution is 5.79. The zero-order valence-corrected chi connectivity index (χ0v) is 16.6. The van der Waals surface area contributed by atoms with E-state index in [9.17, 15) is 15.2 Å². The summed E-state index contributed by atoms with van der Waals surface area (Å²) < 4.78 is 0. The van der Waals surface area contributed by atoms with Crippen molar-refractivity contribution in [1.82, 2.24) is 10.6 Å². The van der Waals surface area contributed by atoms with Crippen LogP contribution in [-0.4, -0.2) is 48.8 Å². The average molecular weight is 380 g/mol. The number of nitro groups is 1. The molecule has 152 valence electrons. The largest absolute Gasteiger partial charge is 0.396 e. The Labute approximate surface area is 161 Å². The van der Waals surface area contributed by atoms with Crippen LogP contribution < -0.4 is 16.0 Å². The Kier molecular flexibility index (Phi) is 10.9. The lowest BCUT2D eigenvalue weighted by Gasteiger charge is -2.17. The summed E-state index contributed by atoms with van der Waals surface area (Å²) in [6, 6.07) is 6.60. The maximum Gasteiger partial charge on any atom is 0.292 e. The molecule has 1 atom stereocenters. The number of guanidine groups is 1. The van der Waals surface area contributed by atoms with E-state index in [2.05, 4.69) is 34.8 Å². The van der Waals surface area contributed by atoms with E-state index in [1.54, 1.807) is 18.2 Å². The highest BCUT2D eigenvalue weighted by atomic mass is 16.6. The van der Waals surface area contributed by atoms with Gasteiger partial charge in [-0.1, -0.05) is 26.0 Å². The zero-order valence-electron chi connectivity index (χ0n) is 16.6. The number of nitrogens with one attached hydrogen (secondary N) is 3. The van der Waals surface area contributed by atoms with E-state index in [1.165, 1.54) is 6.07 Å². The zero-order chi connectivity index (χ0) is 20.1. The van der Waals surface area contributed by atoms with Crippen molar-refractivity contribution in [2.24, 2.45) is 16.8 Å². The van der Waals surface area contributed by atoms with Gasteiger partial charge in [-0.3, -0.25) is 15.1 Å². The van der Waals surface area contributed by atoms with Gasteiger partial charge in [0.15, 0.2) is 5.96 Å². The van der Waals surface area contributed by atoms with E-state index < -0.39 is 4.92 Å². The number of hydrogen-bond donors (Lipinski definition) is 4. The third-order valence-electron chi connectivity index (χ3n) is 4.03. The molecule has 0 saturated carbocycles. The van der Waals surface area contributed by atoms with Crippen LogP contribution in [0.1, 0.15) is 33.6 Å². The maximum absolute atomic E-state index is 11.0. The molecular weight excluding hydrogens is 346 g/mol. The molecule has 1 aromatic rings. The lowest BCUT2D eigenvalue weighted by atomic mass is 9.94. The minimum Gasteiger partial charge on any atom is -0.396 e. The number of rotatable bonds is 12. The number of aliphatic imine (C=N–C) groups is 1. The van der Waals surface area contributed by atoms with Gasteiger partial charge < -0.3 is 21.1 Å². The molecule has 8 nitrogen and oxygen atoms in total. The molecule has 27 heavy (non-hydrogen) atoms. The van der Waals surface area contributed by atoms with Gasteiger partial charge in [-0.2, -0.15) is 0 Å². The van der Waals surface area contributed by atoms with Crippen molar-refractivity contribution in [2.75, 3.05) is 38.1 Å². The predicted octanol–water partition coefficient (Wildman–Crippen LogP) is 2.61. The molecule has 0 radical (unpaired) electrons. The molecule has 0 heterocycles. The molecule has 0 saturated heterocycles. The van der Waals surface area contributed by atoms with E-state index in [4.69, 9.17) is 0 Å². The van der Waals surface area contributed by atoms with Gasteiger partial charge in [-0.25, -0.2) is 0 Å². The summed E-state index contributed by atoms with van der Waals surface area (Å²) in [6.45, 7) is 9.04. The van der Waals surface area contributed by atoms with Crippen molar-refractivity contribution >= 4 is 17.3 Å². The Bertz CT molecular complexity index is 592. The predicted molar refractivity (Wildman–Crippen MR) is 110 cm³/mol. The highest BCUT2D eigenvalue weighted by Gasteiger charge is 2.12. The van der Waals surface area contributed by atoms with Gasteiger partial charge in [0.2, 0.25) is 0 Å². The number of nitrogens with zero attached hydrogens (tertiary/aromatic N) is 2. The van der Waals surface area contributed by atoms with Gasteiger partial charge in [0.05, 0.1) is 4.92 Å². The van der Waals surface area contributed by atoms with Crippen molar-refractivity contribution in [3.8, 4) is 0 Å². The minimum atomic E-state index is -0.392. The highest BCUT2D eigenvalue weighted by Crippen LogP contribution is 2.22. The number of anilines is 1. The number of hydrogen-bond acceptors (Lipinski definition) is 5. The molecule has 0 amide bonds. The van der Waals surface area contributed by atoms with Crippen molar-refractivity contribution in [3.05, 3.63) is 34.4 Å². The number of benzene rings is 1. The molecule has 0 aliphatic rings. The van der Waals surface area contributed by atoms with Crippen LogP contribution in [0.4, 0.5) is 11.4 Å². The van der Waals surface area contributed by atoms with E-state index in [1.807, 2.05) is 6.92 Å². The number of para-hydroxylation sites is 2. The third kappa shape index (κ3) is 9.23. The molecule has 0 bridgehead atoms. The van der Waals surface area contributed by atoms with Crippen LogP contribution in [0.25, 0.3) is 0 Å². The quantitative estimate of drug-likeness (QED) is 0.146. The summed E-state index contributed by atoms with van der Waals surface area (Å²) >= 11 is 0. The topological polar surface area (TPSA) is 112 Å². The molecule has 0 aliphatic carbocycles. The third-order valence-corrected chi connectivity index (χ3v) is 4.03. The van der Waals surface area contributed by atoms with Gasteiger partial charge in [0.25, 0.3) is 5.69 Å². The van der Waals surface area contributed by atoms with Gasteiger partial charge in [-0.05, 0) is 37.7 Å². The normalized spacial score (nSPS) is 12.7. The first-order valence-electron chi connectivity index (χ1n) is 9.58. The van der Waals surface area contributed by atoms with Crippen LogP contribution in [0.5, 0.6) is 0 Å². The van der Waals surface area contributed by atoms with Crippen LogP contribution >= 0.6 is 0 Å². The molecule has 1 unspecified atom stereocenters. The van der Waals surface area contributed by atoms with Crippen LogP contribution in [0.15, 0.2) is 29.3 Å². The van der Waals surface area contributed by atoms with Gasteiger partial charge in [0.1, 0.15) is 5.69 Å². The van der Waals surface area contributed by atoms with E-state index in [0.29, 0.717) is 43.1 Å². The van der Waals surface area contributed by atoms with Crippen molar-refractivity contribution in [1.29, 1.82) is 0 Å². The molecule has 1 rings (SSSR count). The lowest BCUT2D eigenvalue weighted by Crippen LogP contribution is -2.40. The molecule has 0 fully saturated rings. The fourth-order valence-electron chi connectivity index (χ4n) is 2.86. The monoisotopic (exact) mass is 379 g/mol. The fourth-order valence-corrected chi connectivity index (χ4v) is 2.86. The average Bonchev–Trinajstić information content (AvgIpc) is 2.62. The van der Waals surface area contributed by atoms with Gasteiger partial charge in [0, 0.05) is 38.9 Å². The van der Waals surface area contributed by atoms with E-state index >= 15 is 0 Å².